The number of nitrogens with one attached hydrogen (secondary N) is 1. The molecule has 1 fully saturated rings. The molecule has 1 saturated carbocycles. The largest absolute Gasteiger partial charge is 0.349 e. The molecule has 1 N–H and O–H groups in total. The van der Waals surface area contributed by atoms with Crippen LogP contribution in [0, 0.1) is 0 Å². The molecule has 0 saturated heterocycles. The van der Waals surface area contributed by atoms with Crippen LogP contribution in [0.2, 0.25) is 5.02 Å². The van der Waals surface area contributed by atoms with E-state index in [1.807, 2.05) is 18.2 Å². The van der Waals surface area contributed by atoms with E-state index < -0.39 is 0 Å². The van der Waals surface area contributed by atoms with Crippen molar-refractivity contribution in [3.63, 3.8) is 0 Å². The lowest BCUT2D eigenvalue weighted by Gasteiger charge is -2.21. The van der Waals surface area contributed by atoms with Crippen molar-refractivity contribution in [3.8, 4) is 0 Å². The minimum absolute atomic E-state index is 0.0786. The summed E-state index contributed by atoms with van der Waals surface area (Å²) in [5.74, 6) is 0.0786. The number of pyridine rings is 1. The second-order valence-electron chi connectivity index (χ2n) is 8.86. The van der Waals surface area contributed by atoms with Gasteiger partial charge in [-0.25, -0.2) is 0 Å². The summed E-state index contributed by atoms with van der Waals surface area (Å²) >= 11 is 6.28. The normalized spacial score (nSPS) is 19.3. The molecule has 0 atom stereocenters. The lowest BCUT2D eigenvalue weighted by molar-refractivity contribution is 0.0932. The van der Waals surface area contributed by atoms with E-state index in [9.17, 15) is 4.79 Å². The number of benzene rings is 1. The van der Waals surface area contributed by atoms with Gasteiger partial charge in [0, 0.05) is 22.1 Å². The van der Waals surface area contributed by atoms with E-state index in [4.69, 9.17) is 16.6 Å². The molecule has 1 heterocycles. The summed E-state index contributed by atoms with van der Waals surface area (Å²) in [6.07, 6.45) is 17.0. The molecule has 0 spiro atoms. The van der Waals surface area contributed by atoms with Crippen molar-refractivity contribution in [2.45, 2.75) is 95.9 Å². The Hall–Kier alpha value is -1.61. The van der Waals surface area contributed by atoms with Crippen molar-refractivity contribution in [2.75, 3.05) is 0 Å². The zero-order valence-electron chi connectivity index (χ0n) is 17.4. The van der Waals surface area contributed by atoms with Gasteiger partial charge in [-0.1, -0.05) is 69.4 Å². The SMILES string of the molecule is O=C(NC1CCCCCCCCCCC1)c1c2c(nc3ccc(Cl)cc13)CCC2. The summed E-state index contributed by atoms with van der Waals surface area (Å²) in [6, 6.07) is 6.01. The molecular formula is C25H33ClN2O. The van der Waals surface area contributed by atoms with Crippen LogP contribution in [0.15, 0.2) is 18.2 Å². The number of aryl methyl sites for hydroxylation is 1. The summed E-state index contributed by atoms with van der Waals surface area (Å²) in [6.45, 7) is 0. The number of carbonyl (C=O) groups is 1. The molecule has 0 aliphatic heterocycles. The molecule has 2 aliphatic carbocycles. The van der Waals surface area contributed by atoms with Gasteiger partial charge < -0.3 is 5.32 Å². The van der Waals surface area contributed by atoms with Gasteiger partial charge in [-0.05, 0) is 55.9 Å². The minimum Gasteiger partial charge on any atom is -0.349 e. The fourth-order valence-electron chi connectivity index (χ4n) is 5.06. The van der Waals surface area contributed by atoms with Crippen molar-refractivity contribution >= 4 is 28.4 Å². The maximum absolute atomic E-state index is 13.5. The van der Waals surface area contributed by atoms with E-state index in [1.54, 1.807) is 0 Å². The van der Waals surface area contributed by atoms with Gasteiger partial charge in [-0.2, -0.15) is 0 Å². The predicted octanol–water partition coefficient (Wildman–Crippen LogP) is 6.78. The van der Waals surface area contributed by atoms with E-state index in [1.165, 1.54) is 57.8 Å². The van der Waals surface area contributed by atoms with Crippen LogP contribution >= 0.6 is 11.6 Å². The van der Waals surface area contributed by atoms with Gasteiger partial charge in [0.25, 0.3) is 5.91 Å². The number of aromatic nitrogens is 1. The Labute approximate surface area is 179 Å². The number of fused-ring (bicyclic) bond motifs is 2. The molecule has 4 heteroatoms. The van der Waals surface area contributed by atoms with E-state index in [0.717, 1.165) is 59.8 Å². The number of hydrogen-bond donors (Lipinski definition) is 1. The smallest absolute Gasteiger partial charge is 0.252 e. The van der Waals surface area contributed by atoms with Crippen molar-refractivity contribution in [1.82, 2.24) is 10.3 Å². The van der Waals surface area contributed by atoms with Crippen LogP contribution in [-0.2, 0) is 12.8 Å². The Morgan fingerprint density at radius 3 is 2.24 bits per heavy atom. The average molecular weight is 413 g/mol. The third kappa shape index (κ3) is 5.12. The number of rotatable bonds is 2. The molecule has 29 heavy (non-hydrogen) atoms. The average Bonchev–Trinajstić information content (AvgIpc) is 3.16. The standard InChI is InChI=1S/C25H33ClN2O/c26-18-15-16-23-21(17-18)24(20-13-10-14-22(20)28-23)25(29)27-19-11-8-6-4-2-1-3-5-7-9-12-19/h15-17,19H,1-14H2,(H,27,29). The van der Waals surface area contributed by atoms with Crippen LogP contribution in [0.1, 0.15) is 98.7 Å². The molecule has 156 valence electrons. The van der Waals surface area contributed by atoms with E-state index in [0.29, 0.717) is 5.02 Å². The fraction of sp³-hybridized carbons (Fsp3) is 0.600. The van der Waals surface area contributed by atoms with Crippen molar-refractivity contribution in [3.05, 3.63) is 40.0 Å². The zero-order valence-corrected chi connectivity index (χ0v) is 18.2. The van der Waals surface area contributed by atoms with Crippen LogP contribution in [0.5, 0.6) is 0 Å². The number of hydrogen-bond acceptors (Lipinski definition) is 2. The zero-order chi connectivity index (χ0) is 20.1. The Balaban J connectivity index is 1.56. The Morgan fingerprint density at radius 1 is 0.897 bits per heavy atom. The van der Waals surface area contributed by atoms with Gasteiger partial charge in [-0.15, -0.1) is 0 Å². The third-order valence-corrected chi connectivity index (χ3v) is 6.88. The number of amides is 1. The molecule has 1 aromatic carbocycles. The molecule has 2 aromatic rings. The topological polar surface area (TPSA) is 42.0 Å². The van der Waals surface area contributed by atoms with Crippen LogP contribution in [-0.4, -0.2) is 16.9 Å². The number of halogens is 1. The highest BCUT2D eigenvalue weighted by Gasteiger charge is 2.25. The molecule has 2 aliphatic rings. The first kappa shape index (κ1) is 20.7. The number of carbonyl (C=O) groups excluding carboxylic acids is 1. The summed E-state index contributed by atoms with van der Waals surface area (Å²) in [7, 11) is 0. The van der Waals surface area contributed by atoms with E-state index in [2.05, 4.69) is 5.32 Å². The van der Waals surface area contributed by atoms with Crippen LogP contribution in [0.4, 0.5) is 0 Å². The second kappa shape index (κ2) is 9.93. The van der Waals surface area contributed by atoms with Crippen molar-refractivity contribution < 1.29 is 4.79 Å². The third-order valence-electron chi connectivity index (χ3n) is 6.64. The minimum atomic E-state index is 0.0786. The Morgan fingerprint density at radius 2 is 1.55 bits per heavy atom. The van der Waals surface area contributed by atoms with Gasteiger partial charge >= 0.3 is 0 Å². The second-order valence-corrected chi connectivity index (χ2v) is 9.29. The summed E-state index contributed by atoms with van der Waals surface area (Å²) < 4.78 is 0. The van der Waals surface area contributed by atoms with Gasteiger partial charge in [-0.3, -0.25) is 9.78 Å². The first-order valence-electron chi connectivity index (χ1n) is 11.6. The van der Waals surface area contributed by atoms with E-state index in [-0.39, 0.29) is 11.9 Å². The predicted molar refractivity (Wildman–Crippen MR) is 121 cm³/mol. The Bertz CT molecular complexity index is 852. The summed E-state index contributed by atoms with van der Waals surface area (Å²) in [4.78, 5) is 18.3. The highest BCUT2D eigenvalue weighted by atomic mass is 35.5. The fourth-order valence-corrected chi connectivity index (χ4v) is 5.23. The van der Waals surface area contributed by atoms with Crippen molar-refractivity contribution in [1.29, 1.82) is 0 Å². The first-order valence-corrected chi connectivity index (χ1v) is 12.0. The molecule has 3 nitrogen and oxygen atoms in total. The molecule has 0 bridgehead atoms. The molecule has 0 unspecified atom stereocenters. The monoisotopic (exact) mass is 412 g/mol. The van der Waals surface area contributed by atoms with Crippen LogP contribution < -0.4 is 5.32 Å². The molecular weight excluding hydrogens is 380 g/mol. The maximum Gasteiger partial charge on any atom is 0.252 e. The van der Waals surface area contributed by atoms with Gasteiger partial charge in [0.15, 0.2) is 0 Å². The molecule has 4 rings (SSSR count). The number of nitrogens with zero attached hydrogens (tertiary/aromatic N) is 1. The maximum atomic E-state index is 13.5. The van der Waals surface area contributed by atoms with Crippen LogP contribution in [0.25, 0.3) is 10.9 Å². The highest BCUT2D eigenvalue weighted by molar-refractivity contribution is 6.31. The summed E-state index contributed by atoms with van der Waals surface area (Å²) in [5, 5.41) is 4.99. The van der Waals surface area contributed by atoms with Crippen LogP contribution in [0.3, 0.4) is 0 Å². The van der Waals surface area contributed by atoms with Gasteiger partial charge in [0.2, 0.25) is 0 Å². The highest BCUT2D eigenvalue weighted by Crippen LogP contribution is 2.31. The molecule has 1 amide bonds. The Kier molecular flexibility index (Phi) is 7.07. The first-order chi connectivity index (χ1) is 14.2. The summed E-state index contributed by atoms with van der Waals surface area (Å²) in [5.41, 5.74) is 3.96. The molecule has 1 aromatic heterocycles. The lowest BCUT2D eigenvalue weighted by Crippen LogP contribution is -2.35. The van der Waals surface area contributed by atoms with E-state index >= 15 is 0 Å². The lowest BCUT2D eigenvalue weighted by atomic mass is 9.96. The van der Waals surface area contributed by atoms with Gasteiger partial charge in [0.1, 0.15) is 0 Å². The van der Waals surface area contributed by atoms with Crippen molar-refractivity contribution in [2.24, 2.45) is 0 Å². The quantitative estimate of drug-likeness (QED) is 0.590. The van der Waals surface area contributed by atoms with Gasteiger partial charge in [0.05, 0.1) is 11.1 Å². The molecule has 0 radical (unpaired) electrons.